The van der Waals surface area contributed by atoms with Crippen LogP contribution < -0.4 is 0 Å². The molecule has 16 heavy (non-hydrogen) atoms. The molecule has 0 aliphatic rings. The Bertz CT molecular complexity index is 323. The first-order valence-electron chi connectivity index (χ1n) is 5.16. The summed E-state index contributed by atoms with van der Waals surface area (Å²) >= 11 is 0. The fraction of sp³-hybridized carbons (Fsp3) is 0.417. The molecule has 0 heterocycles. The van der Waals surface area contributed by atoms with Gasteiger partial charge >= 0.3 is 0 Å². The minimum absolute atomic E-state index is 0.142. The summed E-state index contributed by atoms with van der Waals surface area (Å²) in [5, 5.41) is 27.0. The number of carbonyl (C=O) groups is 1. The molecule has 0 fully saturated rings. The molecule has 2 unspecified atom stereocenters. The highest BCUT2D eigenvalue weighted by atomic mass is 16.4. The topological polar surface area (TPSA) is 77.8 Å². The number of carbonyl (C=O) groups excluding carboxylic acids is 1. The van der Waals surface area contributed by atoms with E-state index in [0.29, 0.717) is 0 Å². The van der Waals surface area contributed by atoms with Gasteiger partial charge in [-0.05, 0) is 5.56 Å². The van der Waals surface area contributed by atoms with Crippen LogP contribution in [0.15, 0.2) is 30.3 Å². The van der Waals surface area contributed by atoms with Crippen LogP contribution in [0.3, 0.4) is 0 Å². The van der Waals surface area contributed by atoms with Crippen LogP contribution in [0.4, 0.5) is 0 Å². The van der Waals surface area contributed by atoms with Gasteiger partial charge in [-0.3, -0.25) is 4.79 Å². The third-order valence-corrected chi connectivity index (χ3v) is 2.31. The number of Topliss-reactive ketones (excluding diaryl/α,β-unsaturated/α-hetero) is 1. The molecule has 4 nitrogen and oxygen atoms in total. The Morgan fingerprint density at radius 2 is 1.75 bits per heavy atom. The van der Waals surface area contributed by atoms with E-state index in [2.05, 4.69) is 0 Å². The summed E-state index contributed by atoms with van der Waals surface area (Å²) in [7, 11) is 0. The average molecular weight is 224 g/mol. The van der Waals surface area contributed by atoms with E-state index in [1.54, 1.807) is 0 Å². The summed E-state index contributed by atoms with van der Waals surface area (Å²) in [4.78, 5) is 11.5. The standard InChI is InChI=1S/C12H16O4/c13-8-12(16)11(15)7-10(14)6-9-4-2-1-3-5-9/h1-5,11-13,15-16H,6-8H2. The molecule has 0 saturated heterocycles. The average Bonchev–Trinajstić information content (AvgIpc) is 2.29. The van der Waals surface area contributed by atoms with Crippen LogP contribution in [0, 0.1) is 0 Å². The summed E-state index contributed by atoms with van der Waals surface area (Å²) in [5.41, 5.74) is 0.873. The summed E-state index contributed by atoms with van der Waals surface area (Å²) in [6.07, 6.45) is -2.35. The van der Waals surface area contributed by atoms with Crippen molar-refractivity contribution in [2.24, 2.45) is 0 Å². The molecule has 0 saturated carbocycles. The Hall–Kier alpha value is -1.23. The minimum atomic E-state index is -1.25. The maximum absolute atomic E-state index is 11.5. The largest absolute Gasteiger partial charge is 0.394 e. The van der Waals surface area contributed by atoms with E-state index in [0.717, 1.165) is 5.56 Å². The molecule has 0 aliphatic carbocycles. The van der Waals surface area contributed by atoms with Crippen molar-refractivity contribution in [3.05, 3.63) is 35.9 Å². The van der Waals surface area contributed by atoms with Crippen LogP contribution in [-0.4, -0.2) is 39.9 Å². The van der Waals surface area contributed by atoms with E-state index in [4.69, 9.17) is 10.2 Å². The highest BCUT2D eigenvalue weighted by Gasteiger charge is 2.18. The lowest BCUT2D eigenvalue weighted by Crippen LogP contribution is -2.31. The van der Waals surface area contributed by atoms with Gasteiger partial charge in [-0.1, -0.05) is 30.3 Å². The number of rotatable bonds is 6. The van der Waals surface area contributed by atoms with Crippen molar-refractivity contribution in [2.75, 3.05) is 6.61 Å². The zero-order valence-corrected chi connectivity index (χ0v) is 8.91. The molecular formula is C12H16O4. The van der Waals surface area contributed by atoms with Crippen LogP contribution in [0.2, 0.25) is 0 Å². The highest BCUT2D eigenvalue weighted by Crippen LogP contribution is 2.05. The maximum atomic E-state index is 11.5. The number of hydrogen-bond donors (Lipinski definition) is 3. The lowest BCUT2D eigenvalue weighted by atomic mass is 10.0. The van der Waals surface area contributed by atoms with Crippen molar-refractivity contribution < 1.29 is 20.1 Å². The van der Waals surface area contributed by atoms with Crippen LogP contribution in [0.1, 0.15) is 12.0 Å². The minimum Gasteiger partial charge on any atom is -0.394 e. The molecule has 1 aromatic carbocycles. The fourth-order valence-corrected chi connectivity index (χ4v) is 1.39. The summed E-state index contributed by atoms with van der Waals surface area (Å²) in [5.74, 6) is -0.161. The van der Waals surface area contributed by atoms with Gasteiger partial charge in [0.2, 0.25) is 0 Å². The number of aliphatic hydroxyl groups excluding tert-OH is 3. The van der Waals surface area contributed by atoms with Gasteiger partial charge in [0.1, 0.15) is 11.9 Å². The molecule has 0 radical (unpaired) electrons. The predicted octanol–water partition coefficient (Wildman–Crippen LogP) is -0.0976. The van der Waals surface area contributed by atoms with Crippen LogP contribution in [0.5, 0.6) is 0 Å². The van der Waals surface area contributed by atoms with Crippen molar-refractivity contribution in [1.29, 1.82) is 0 Å². The molecule has 1 rings (SSSR count). The van der Waals surface area contributed by atoms with Crippen LogP contribution in [-0.2, 0) is 11.2 Å². The van der Waals surface area contributed by atoms with E-state index in [1.807, 2.05) is 30.3 Å². The second-order valence-electron chi connectivity index (χ2n) is 3.72. The quantitative estimate of drug-likeness (QED) is 0.630. The summed E-state index contributed by atoms with van der Waals surface area (Å²) in [6.45, 7) is -0.542. The predicted molar refractivity (Wildman–Crippen MR) is 58.9 cm³/mol. The van der Waals surface area contributed by atoms with Crippen molar-refractivity contribution in [3.8, 4) is 0 Å². The van der Waals surface area contributed by atoms with Crippen LogP contribution in [0.25, 0.3) is 0 Å². The number of benzene rings is 1. The Balaban J connectivity index is 2.42. The summed E-state index contributed by atoms with van der Waals surface area (Å²) in [6, 6.07) is 9.18. The molecular weight excluding hydrogens is 208 g/mol. The van der Waals surface area contributed by atoms with Gasteiger partial charge < -0.3 is 15.3 Å². The Morgan fingerprint density at radius 3 is 2.31 bits per heavy atom. The number of aliphatic hydroxyl groups is 3. The molecule has 1 aromatic rings. The molecule has 88 valence electrons. The third kappa shape index (κ3) is 4.10. The summed E-state index contributed by atoms with van der Waals surface area (Å²) < 4.78 is 0. The normalized spacial score (nSPS) is 14.4. The second-order valence-corrected chi connectivity index (χ2v) is 3.72. The SMILES string of the molecule is O=C(Cc1ccccc1)CC(O)C(O)CO. The second kappa shape index (κ2) is 6.37. The monoisotopic (exact) mass is 224 g/mol. The van der Waals surface area contributed by atoms with Gasteiger partial charge in [0.25, 0.3) is 0 Å². The van der Waals surface area contributed by atoms with Crippen molar-refractivity contribution in [3.63, 3.8) is 0 Å². The first-order chi connectivity index (χ1) is 7.63. The van der Waals surface area contributed by atoms with E-state index >= 15 is 0 Å². The zero-order chi connectivity index (χ0) is 12.0. The Kier molecular flexibility index (Phi) is 5.11. The maximum Gasteiger partial charge on any atom is 0.139 e. The first-order valence-corrected chi connectivity index (χ1v) is 5.16. The van der Waals surface area contributed by atoms with Gasteiger partial charge in [-0.25, -0.2) is 0 Å². The lowest BCUT2D eigenvalue weighted by Gasteiger charge is -2.14. The van der Waals surface area contributed by atoms with Crippen molar-refractivity contribution in [2.45, 2.75) is 25.0 Å². The molecule has 2 atom stereocenters. The molecule has 0 spiro atoms. The van der Waals surface area contributed by atoms with Gasteiger partial charge in [-0.2, -0.15) is 0 Å². The highest BCUT2D eigenvalue weighted by molar-refractivity contribution is 5.81. The van der Waals surface area contributed by atoms with E-state index in [-0.39, 0.29) is 18.6 Å². The molecule has 0 bridgehead atoms. The van der Waals surface area contributed by atoms with Gasteiger partial charge in [0.15, 0.2) is 0 Å². The third-order valence-electron chi connectivity index (χ3n) is 2.31. The fourth-order valence-electron chi connectivity index (χ4n) is 1.39. The van der Waals surface area contributed by atoms with E-state index in [1.165, 1.54) is 0 Å². The smallest absolute Gasteiger partial charge is 0.139 e. The van der Waals surface area contributed by atoms with E-state index in [9.17, 15) is 9.90 Å². The van der Waals surface area contributed by atoms with Crippen molar-refractivity contribution in [1.82, 2.24) is 0 Å². The first kappa shape index (κ1) is 12.8. The molecule has 3 N–H and O–H groups in total. The van der Waals surface area contributed by atoms with Crippen molar-refractivity contribution >= 4 is 5.78 Å². The Labute approximate surface area is 94.2 Å². The van der Waals surface area contributed by atoms with Gasteiger partial charge in [-0.15, -0.1) is 0 Å². The zero-order valence-electron chi connectivity index (χ0n) is 8.91. The molecule has 0 aromatic heterocycles. The lowest BCUT2D eigenvalue weighted by molar-refractivity contribution is -0.122. The molecule has 0 amide bonds. The number of hydrogen-bond acceptors (Lipinski definition) is 4. The van der Waals surface area contributed by atoms with E-state index < -0.39 is 18.8 Å². The number of ketones is 1. The van der Waals surface area contributed by atoms with Crippen LogP contribution >= 0.6 is 0 Å². The Morgan fingerprint density at radius 1 is 1.12 bits per heavy atom. The molecule has 0 aliphatic heterocycles. The van der Waals surface area contributed by atoms with Gasteiger partial charge in [0, 0.05) is 12.8 Å². The van der Waals surface area contributed by atoms with Gasteiger partial charge in [0.05, 0.1) is 12.7 Å². The molecule has 4 heteroatoms.